The van der Waals surface area contributed by atoms with Gasteiger partial charge in [-0.25, -0.2) is 4.98 Å². The molecule has 0 unspecified atom stereocenters. The average Bonchev–Trinajstić information content (AvgIpc) is 3.22. The number of benzene rings is 2. The molecule has 7 heteroatoms. The molecule has 0 aliphatic rings. The first-order valence-corrected chi connectivity index (χ1v) is 9.48. The molecule has 154 valence electrons. The van der Waals surface area contributed by atoms with Gasteiger partial charge in [-0.2, -0.15) is 5.10 Å². The first-order chi connectivity index (χ1) is 14.6. The number of aromatic amines is 1. The minimum absolute atomic E-state index is 0.542. The Morgan fingerprint density at radius 2 is 1.60 bits per heavy atom. The summed E-state index contributed by atoms with van der Waals surface area (Å²) in [5.74, 6) is 1.69. The van der Waals surface area contributed by atoms with Crippen molar-refractivity contribution >= 4 is 16.7 Å². The third-order valence-corrected chi connectivity index (χ3v) is 5.07. The molecule has 0 saturated carbocycles. The zero-order chi connectivity index (χ0) is 21.3. The van der Waals surface area contributed by atoms with E-state index in [0.717, 1.165) is 33.5 Å². The largest absolute Gasteiger partial charge is 0.493 e. The molecule has 0 spiro atoms. The van der Waals surface area contributed by atoms with Crippen LogP contribution in [0.15, 0.2) is 48.7 Å². The monoisotopic (exact) mass is 404 g/mol. The van der Waals surface area contributed by atoms with Gasteiger partial charge in [-0.3, -0.25) is 5.10 Å². The van der Waals surface area contributed by atoms with Crippen LogP contribution in [0, 0.1) is 0 Å². The van der Waals surface area contributed by atoms with Crippen LogP contribution < -0.4 is 19.1 Å². The van der Waals surface area contributed by atoms with Gasteiger partial charge < -0.3 is 19.1 Å². The fourth-order valence-electron chi connectivity index (χ4n) is 3.57. The highest BCUT2D eigenvalue weighted by atomic mass is 16.5. The second-order valence-corrected chi connectivity index (χ2v) is 7.01. The number of aromatic nitrogens is 3. The van der Waals surface area contributed by atoms with E-state index < -0.39 is 0 Å². The van der Waals surface area contributed by atoms with Crippen LogP contribution in [-0.4, -0.2) is 50.6 Å². The number of pyridine rings is 1. The lowest BCUT2D eigenvalue weighted by molar-refractivity contribution is 0.324. The van der Waals surface area contributed by atoms with Gasteiger partial charge in [-0.15, -0.1) is 0 Å². The molecule has 0 aliphatic heterocycles. The lowest BCUT2D eigenvalue weighted by Gasteiger charge is -2.15. The topological polar surface area (TPSA) is 72.5 Å². The van der Waals surface area contributed by atoms with E-state index >= 15 is 0 Å². The third-order valence-electron chi connectivity index (χ3n) is 5.07. The molecule has 2 aromatic carbocycles. The predicted molar refractivity (Wildman–Crippen MR) is 119 cm³/mol. The Kier molecular flexibility index (Phi) is 5.18. The molecule has 0 aliphatic carbocycles. The van der Waals surface area contributed by atoms with Crippen molar-refractivity contribution in [2.75, 3.05) is 40.3 Å². The van der Waals surface area contributed by atoms with Gasteiger partial charge in [-0.1, -0.05) is 12.1 Å². The molecular weight excluding hydrogens is 380 g/mol. The van der Waals surface area contributed by atoms with Crippen LogP contribution in [-0.2, 0) is 0 Å². The molecule has 0 bridgehead atoms. The average molecular weight is 404 g/mol. The molecule has 4 rings (SSSR count). The van der Waals surface area contributed by atoms with Gasteiger partial charge in [0.25, 0.3) is 0 Å². The van der Waals surface area contributed by atoms with Crippen LogP contribution in [0.2, 0.25) is 0 Å². The van der Waals surface area contributed by atoms with Gasteiger partial charge in [0.15, 0.2) is 17.1 Å². The predicted octanol–water partition coefficient (Wildman–Crippen LogP) is 4.38. The number of ether oxygens (including phenoxy) is 3. The van der Waals surface area contributed by atoms with E-state index in [0.29, 0.717) is 22.9 Å². The Bertz CT molecular complexity index is 1180. The summed E-state index contributed by atoms with van der Waals surface area (Å²) >= 11 is 0. The number of hydrogen-bond donors (Lipinski definition) is 1. The van der Waals surface area contributed by atoms with Crippen molar-refractivity contribution in [1.82, 2.24) is 15.2 Å². The van der Waals surface area contributed by atoms with E-state index in [9.17, 15) is 0 Å². The molecule has 2 heterocycles. The summed E-state index contributed by atoms with van der Waals surface area (Å²) in [6.07, 6.45) is 1.79. The van der Waals surface area contributed by atoms with Crippen molar-refractivity contribution in [3.05, 3.63) is 48.7 Å². The van der Waals surface area contributed by atoms with Crippen molar-refractivity contribution < 1.29 is 14.2 Å². The Hall–Kier alpha value is -3.74. The Labute approximate surface area is 175 Å². The van der Waals surface area contributed by atoms with Crippen molar-refractivity contribution in [2.24, 2.45) is 0 Å². The molecule has 1 N–H and O–H groups in total. The van der Waals surface area contributed by atoms with Crippen LogP contribution in [0.25, 0.3) is 33.4 Å². The molecular formula is C23H24N4O3. The van der Waals surface area contributed by atoms with Gasteiger partial charge >= 0.3 is 0 Å². The van der Waals surface area contributed by atoms with Gasteiger partial charge in [0.2, 0.25) is 5.75 Å². The van der Waals surface area contributed by atoms with Gasteiger partial charge in [-0.05, 0) is 41.5 Å². The highest BCUT2D eigenvalue weighted by Crippen LogP contribution is 2.43. The number of nitrogens with zero attached hydrogens (tertiary/aromatic N) is 3. The van der Waals surface area contributed by atoms with Crippen molar-refractivity contribution in [1.29, 1.82) is 0 Å². The van der Waals surface area contributed by atoms with E-state index in [2.05, 4.69) is 44.3 Å². The van der Waals surface area contributed by atoms with Crippen molar-refractivity contribution in [3.63, 3.8) is 0 Å². The summed E-state index contributed by atoms with van der Waals surface area (Å²) in [5, 5.41) is 8.55. The van der Waals surface area contributed by atoms with E-state index in [4.69, 9.17) is 14.2 Å². The smallest absolute Gasteiger partial charge is 0.203 e. The normalized spacial score (nSPS) is 10.8. The van der Waals surface area contributed by atoms with Crippen LogP contribution in [0.4, 0.5) is 5.69 Å². The number of rotatable bonds is 6. The second kappa shape index (κ2) is 7.94. The Morgan fingerprint density at radius 1 is 0.867 bits per heavy atom. The number of fused-ring (bicyclic) bond motifs is 1. The molecule has 7 nitrogen and oxygen atoms in total. The van der Waals surface area contributed by atoms with E-state index in [-0.39, 0.29) is 0 Å². The third kappa shape index (κ3) is 3.28. The van der Waals surface area contributed by atoms with Crippen molar-refractivity contribution in [2.45, 2.75) is 0 Å². The first kappa shape index (κ1) is 19.6. The number of nitrogens with one attached hydrogen (secondary N) is 1. The van der Waals surface area contributed by atoms with Gasteiger partial charge in [0.1, 0.15) is 5.69 Å². The molecule has 30 heavy (non-hydrogen) atoms. The van der Waals surface area contributed by atoms with Gasteiger partial charge in [0.05, 0.1) is 26.7 Å². The molecule has 0 radical (unpaired) electrons. The number of methoxy groups -OCH3 is 3. The van der Waals surface area contributed by atoms with E-state index in [1.807, 2.05) is 32.3 Å². The lowest BCUT2D eigenvalue weighted by Crippen LogP contribution is -2.08. The fourth-order valence-corrected chi connectivity index (χ4v) is 3.57. The van der Waals surface area contributed by atoms with Crippen molar-refractivity contribution in [3.8, 4) is 39.6 Å². The van der Waals surface area contributed by atoms with Crippen LogP contribution in [0.1, 0.15) is 0 Å². The maximum absolute atomic E-state index is 5.52. The molecule has 0 fully saturated rings. The molecule has 0 atom stereocenters. The summed E-state index contributed by atoms with van der Waals surface area (Å²) in [6, 6.07) is 14.2. The SMILES string of the molecule is COc1cc(-c2n[nH]c3nccc(-c4cccc(N(C)C)c4)c23)cc(OC)c1OC. The van der Waals surface area contributed by atoms with Crippen LogP contribution in [0.5, 0.6) is 17.2 Å². The summed E-state index contributed by atoms with van der Waals surface area (Å²) in [7, 11) is 8.84. The zero-order valence-corrected chi connectivity index (χ0v) is 17.7. The second-order valence-electron chi connectivity index (χ2n) is 7.01. The fraction of sp³-hybridized carbons (Fsp3) is 0.217. The summed E-state index contributed by atoms with van der Waals surface area (Å²) in [5.41, 5.74) is 5.57. The van der Waals surface area contributed by atoms with E-state index in [1.54, 1.807) is 27.5 Å². The highest BCUT2D eigenvalue weighted by Gasteiger charge is 2.19. The van der Waals surface area contributed by atoms with E-state index in [1.165, 1.54) is 0 Å². The van der Waals surface area contributed by atoms with Gasteiger partial charge in [0, 0.05) is 31.5 Å². The summed E-state index contributed by atoms with van der Waals surface area (Å²) in [4.78, 5) is 6.56. The molecule has 0 amide bonds. The first-order valence-electron chi connectivity index (χ1n) is 9.48. The maximum Gasteiger partial charge on any atom is 0.203 e. The molecule has 2 aromatic heterocycles. The highest BCUT2D eigenvalue weighted by molar-refractivity contribution is 6.02. The quantitative estimate of drug-likeness (QED) is 0.514. The number of hydrogen-bond acceptors (Lipinski definition) is 6. The molecule has 0 saturated heterocycles. The Balaban J connectivity index is 1.96. The summed E-state index contributed by atoms with van der Waals surface area (Å²) in [6.45, 7) is 0. The number of anilines is 1. The van der Waals surface area contributed by atoms with Crippen LogP contribution >= 0.6 is 0 Å². The lowest BCUT2D eigenvalue weighted by atomic mass is 9.99. The van der Waals surface area contributed by atoms with Crippen LogP contribution in [0.3, 0.4) is 0 Å². The Morgan fingerprint density at radius 3 is 2.23 bits per heavy atom. The number of H-pyrrole nitrogens is 1. The zero-order valence-electron chi connectivity index (χ0n) is 17.7. The minimum Gasteiger partial charge on any atom is -0.493 e. The summed E-state index contributed by atoms with van der Waals surface area (Å²) < 4.78 is 16.5. The molecule has 4 aromatic rings. The maximum atomic E-state index is 5.52. The minimum atomic E-state index is 0.542. The standard InChI is InChI=1S/C23H24N4O3/c1-27(2)16-8-6-7-14(11-16)17-9-10-24-23-20(17)21(25-26-23)15-12-18(28-3)22(30-5)19(13-15)29-4/h6-13H,1-5H3,(H,24,25,26).